The number of hydrogen-bond donors (Lipinski definition) is 1. The number of ether oxygens (including phenoxy) is 1. The van der Waals surface area contributed by atoms with E-state index in [2.05, 4.69) is 5.32 Å². The standard InChI is InChI=1S/C19H25N3O4/c1-2-26-19(25)22-10-8-21(9-11-22)18(24)16-12-15(16)17(23)20-13-14-6-4-3-5-7-14/h3-7,15-16H,2,8-13H2,1H3,(H,20,23). The Morgan fingerprint density at radius 3 is 2.35 bits per heavy atom. The number of nitrogens with zero attached hydrogens (tertiary/aromatic N) is 2. The zero-order chi connectivity index (χ0) is 18.5. The summed E-state index contributed by atoms with van der Waals surface area (Å²) in [4.78, 5) is 39.9. The monoisotopic (exact) mass is 359 g/mol. The van der Waals surface area contributed by atoms with E-state index in [0.717, 1.165) is 5.56 Å². The summed E-state index contributed by atoms with van der Waals surface area (Å²) in [5.41, 5.74) is 1.04. The molecule has 1 aliphatic carbocycles. The molecule has 7 nitrogen and oxygen atoms in total. The van der Waals surface area contributed by atoms with Gasteiger partial charge in [0.25, 0.3) is 0 Å². The molecule has 0 aromatic heterocycles. The second kappa shape index (κ2) is 8.21. The number of carbonyl (C=O) groups excluding carboxylic acids is 3. The predicted molar refractivity (Wildman–Crippen MR) is 95.1 cm³/mol. The number of piperazine rings is 1. The fraction of sp³-hybridized carbons (Fsp3) is 0.526. The van der Waals surface area contributed by atoms with Gasteiger partial charge in [0, 0.05) is 32.7 Å². The van der Waals surface area contributed by atoms with Crippen molar-refractivity contribution in [2.75, 3.05) is 32.8 Å². The zero-order valence-electron chi connectivity index (χ0n) is 15.0. The molecule has 2 aliphatic rings. The van der Waals surface area contributed by atoms with Gasteiger partial charge in [-0.05, 0) is 18.9 Å². The van der Waals surface area contributed by atoms with E-state index in [0.29, 0.717) is 45.8 Å². The lowest BCUT2D eigenvalue weighted by Crippen LogP contribution is -2.51. The molecule has 1 aliphatic heterocycles. The van der Waals surface area contributed by atoms with Crippen LogP contribution in [0.25, 0.3) is 0 Å². The topological polar surface area (TPSA) is 79.0 Å². The van der Waals surface area contributed by atoms with Gasteiger partial charge in [-0.15, -0.1) is 0 Å². The highest BCUT2D eigenvalue weighted by Gasteiger charge is 2.49. The van der Waals surface area contributed by atoms with Crippen LogP contribution in [-0.2, 0) is 20.9 Å². The van der Waals surface area contributed by atoms with Gasteiger partial charge in [-0.1, -0.05) is 30.3 Å². The van der Waals surface area contributed by atoms with Gasteiger partial charge in [0.05, 0.1) is 18.4 Å². The lowest BCUT2D eigenvalue weighted by atomic mass is 10.2. The van der Waals surface area contributed by atoms with Crippen LogP contribution < -0.4 is 5.32 Å². The third kappa shape index (κ3) is 4.33. The van der Waals surface area contributed by atoms with Gasteiger partial charge in [-0.3, -0.25) is 9.59 Å². The molecule has 3 rings (SSSR count). The number of rotatable bonds is 5. The molecule has 2 atom stereocenters. The number of amides is 3. The zero-order valence-corrected chi connectivity index (χ0v) is 15.0. The molecule has 1 N–H and O–H groups in total. The van der Waals surface area contributed by atoms with E-state index < -0.39 is 0 Å². The van der Waals surface area contributed by atoms with Crippen molar-refractivity contribution in [3.8, 4) is 0 Å². The van der Waals surface area contributed by atoms with E-state index in [9.17, 15) is 14.4 Å². The van der Waals surface area contributed by atoms with Crippen LogP contribution >= 0.6 is 0 Å². The minimum Gasteiger partial charge on any atom is -0.450 e. The van der Waals surface area contributed by atoms with Crippen LogP contribution in [0.5, 0.6) is 0 Å². The Balaban J connectivity index is 1.41. The van der Waals surface area contributed by atoms with Crippen LogP contribution in [0.3, 0.4) is 0 Å². The molecule has 3 amide bonds. The van der Waals surface area contributed by atoms with E-state index in [1.807, 2.05) is 30.3 Å². The Morgan fingerprint density at radius 1 is 1.04 bits per heavy atom. The minimum atomic E-state index is -0.329. The molecule has 7 heteroatoms. The van der Waals surface area contributed by atoms with Crippen LogP contribution in [0.4, 0.5) is 4.79 Å². The minimum absolute atomic E-state index is 0.0216. The van der Waals surface area contributed by atoms with Crippen LogP contribution in [0.2, 0.25) is 0 Å². The first-order valence-electron chi connectivity index (χ1n) is 9.12. The maximum Gasteiger partial charge on any atom is 0.409 e. The van der Waals surface area contributed by atoms with Crippen molar-refractivity contribution in [1.82, 2.24) is 15.1 Å². The summed E-state index contributed by atoms with van der Waals surface area (Å²) in [6.45, 7) is 4.53. The van der Waals surface area contributed by atoms with Gasteiger partial charge in [-0.25, -0.2) is 4.79 Å². The number of hydrogen-bond acceptors (Lipinski definition) is 4. The van der Waals surface area contributed by atoms with Gasteiger partial charge >= 0.3 is 6.09 Å². The molecule has 1 saturated carbocycles. The second-order valence-corrected chi connectivity index (χ2v) is 6.66. The molecule has 1 aromatic rings. The third-order valence-electron chi connectivity index (χ3n) is 4.87. The van der Waals surface area contributed by atoms with Gasteiger partial charge in [0.15, 0.2) is 0 Å². The molecular weight excluding hydrogens is 334 g/mol. The van der Waals surface area contributed by atoms with Crippen LogP contribution in [0, 0.1) is 11.8 Å². The molecule has 140 valence electrons. The van der Waals surface area contributed by atoms with Crippen molar-refractivity contribution in [2.45, 2.75) is 19.9 Å². The highest BCUT2D eigenvalue weighted by atomic mass is 16.6. The number of benzene rings is 1. The van der Waals surface area contributed by atoms with Gasteiger partial charge in [-0.2, -0.15) is 0 Å². The molecule has 0 radical (unpaired) electrons. The van der Waals surface area contributed by atoms with E-state index in [1.54, 1.807) is 16.7 Å². The Hall–Kier alpha value is -2.57. The summed E-state index contributed by atoms with van der Waals surface area (Å²) in [6, 6.07) is 9.71. The third-order valence-corrected chi connectivity index (χ3v) is 4.87. The van der Waals surface area contributed by atoms with E-state index in [1.165, 1.54) is 0 Å². The van der Waals surface area contributed by atoms with Crippen LogP contribution in [0.1, 0.15) is 18.9 Å². The maximum absolute atomic E-state index is 12.6. The summed E-state index contributed by atoms with van der Waals surface area (Å²) in [5.74, 6) is -0.486. The molecule has 0 spiro atoms. The van der Waals surface area contributed by atoms with Gasteiger partial charge < -0.3 is 19.9 Å². The first-order chi connectivity index (χ1) is 12.6. The summed E-state index contributed by atoms with van der Waals surface area (Å²) in [5, 5.41) is 2.91. The first kappa shape index (κ1) is 18.2. The Bertz CT molecular complexity index is 656. The smallest absolute Gasteiger partial charge is 0.409 e. The fourth-order valence-electron chi connectivity index (χ4n) is 3.23. The van der Waals surface area contributed by atoms with E-state index >= 15 is 0 Å². The van der Waals surface area contributed by atoms with Gasteiger partial charge in [0.2, 0.25) is 11.8 Å². The largest absolute Gasteiger partial charge is 0.450 e. The van der Waals surface area contributed by atoms with Crippen molar-refractivity contribution < 1.29 is 19.1 Å². The first-order valence-corrected chi connectivity index (χ1v) is 9.12. The Morgan fingerprint density at radius 2 is 1.69 bits per heavy atom. The van der Waals surface area contributed by atoms with Crippen LogP contribution in [-0.4, -0.2) is 60.5 Å². The van der Waals surface area contributed by atoms with E-state index in [4.69, 9.17) is 4.74 Å². The fourth-order valence-corrected chi connectivity index (χ4v) is 3.23. The Kier molecular flexibility index (Phi) is 5.75. The van der Waals surface area contributed by atoms with Crippen molar-refractivity contribution in [2.24, 2.45) is 11.8 Å². The maximum atomic E-state index is 12.6. The molecule has 2 unspecified atom stereocenters. The Labute approximate surface area is 153 Å². The highest BCUT2D eigenvalue weighted by molar-refractivity contribution is 5.92. The lowest BCUT2D eigenvalue weighted by Gasteiger charge is -2.34. The SMILES string of the molecule is CCOC(=O)N1CCN(C(=O)C2CC2C(=O)NCc2ccccc2)CC1. The van der Waals surface area contributed by atoms with Crippen LogP contribution in [0.15, 0.2) is 30.3 Å². The molecule has 26 heavy (non-hydrogen) atoms. The van der Waals surface area contributed by atoms with Crippen molar-refractivity contribution in [3.63, 3.8) is 0 Å². The molecule has 1 aromatic carbocycles. The van der Waals surface area contributed by atoms with Crippen molar-refractivity contribution in [3.05, 3.63) is 35.9 Å². The van der Waals surface area contributed by atoms with Gasteiger partial charge in [0.1, 0.15) is 0 Å². The molecule has 1 heterocycles. The van der Waals surface area contributed by atoms with Crippen molar-refractivity contribution in [1.29, 1.82) is 0 Å². The molecule has 0 bridgehead atoms. The normalized spacial score (nSPS) is 21.9. The second-order valence-electron chi connectivity index (χ2n) is 6.66. The lowest BCUT2D eigenvalue weighted by molar-refractivity contribution is -0.136. The summed E-state index contributed by atoms with van der Waals surface area (Å²) < 4.78 is 4.98. The summed E-state index contributed by atoms with van der Waals surface area (Å²) >= 11 is 0. The molecular formula is C19H25N3O4. The summed E-state index contributed by atoms with van der Waals surface area (Å²) in [7, 11) is 0. The average Bonchev–Trinajstić information content (AvgIpc) is 3.47. The number of carbonyl (C=O) groups is 3. The van der Waals surface area contributed by atoms with E-state index in [-0.39, 0.29) is 29.7 Å². The highest BCUT2D eigenvalue weighted by Crippen LogP contribution is 2.40. The average molecular weight is 359 g/mol. The quantitative estimate of drug-likeness (QED) is 0.858. The van der Waals surface area contributed by atoms with Crippen molar-refractivity contribution >= 4 is 17.9 Å². The predicted octanol–water partition coefficient (Wildman–Crippen LogP) is 1.24. The molecule has 1 saturated heterocycles. The summed E-state index contributed by atoms with van der Waals surface area (Å²) in [6.07, 6.45) is 0.279. The molecule has 2 fully saturated rings. The number of nitrogens with one attached hydrogen (secondary N) is 1.